The first-order valence-electron chi connectivity index (χ1n) is 10.4. The zero-order valence-electron chi connectivity index (χ0n) is 18.1. The van der Waals surface area contributed by atoms with Gasteiger partial charge in [0.2, 0.25) is 0 Å². The van der Waals surface area contributed by atoms with E-state index in [-0.39, 0.29) is 35.2 Å². The molecule has 0 N–H and O–H groups in total. The highest BCUT2D eigenvalue weighted by Crippen LogP contribution is 2.40. The maximum atomic E-state index is 13.2. The van der Waals surface area contributed by atoms with E-state index >= 15 is 0 Å². The molecule has 168 valence electrons. The van der Waals surface area contributed by atoms with E-state index in [4.69, 9.17) is 9.47 Å². The number of benzene rings is 1. The second-order valence-corrected chi connectivity index (χ2v) is 8.63. The summed E-state index contributed by atoms with van der Waals surface area (Å²) in [5.41, 5.74) is 1.88. The summed E-state index contributed by atoms with van der Waals surface area (Å²) in [4.78, 5) is 28.6. The van der Waals surface area contributed by atoms with Crippen LogP contribution >= 0.6 is 0 Å². The van der Waals surface area contributed by atoms with Crippen LogP contribution in [0, 0.1) is 5.92 Å². The topological polar surface area (TPSA) is 69.9 Å². The summed E-state index contributed by atoms with van der Waals surface area (Å²) in [6, 6.07) is 6.67. The Morgan fingerprint density at radius 2 is 2.00 bits per heavy atom. The summed E-state index contributed by atoms with van der Waals surface area (Å²) in [6.07, 6.45) is 6.44. The first-order valence-corrected chi connectivity index (χ1v) is 10.4. The number of alkyl halides is 2. The second kappa shape index (κ2) is 8.33. The van der Waals surface area contributed by atoms with Crippen molar-refractivity contribution in [3.05, 3.63) is 47.8 Å². The van der Waals surface area contributed by atoms with Crippen LogP contribution in [0.2, 0.25) is 0 Å². The molecule has 8 heteroatoms. The number of rotatable bonds is 9. The number of halogens is 2. The number of hydrogen-bond donors (Lipinski definition) is 0. The summed E-state index contributed by atoms with van der Waals surface area (Å²) in [6.45, 7) is 0.537. The molecule has 0 atom stereocenters. The SMILES string of the molecule is COc1cc(-c2cnc3cc(C(C)(C)C=O)ccn23)cc(OC(F)F)c1C(=O)CC1CC1. The molecule has 0 unspecified atom stereocenters. The molecular weight excluding hydrogens is 418 g/mol. The zero-order valence-corrected chi connectivity index (χ0v) is 18.1. The van der Waals surface area contributed by atoms with Crippen molar-refractivity contribution in [3.63, 3.8) is 0 Å². The van der Waals surface area contributed by atoms with Crippen molar-refractivity contribution in [3.8, 4) is 22.8 Å². The molecule has 1 saturated carbocycles. The van der Waals surface area contributed by atoms with E-state index in [9.17, 15) is 18.4 Å². The van der Waals surface area contributed by atoms with Crippen molar-refractivity contribution in [1.29, 1.82) is 0 Å². The predicted molar refractivity (Wildman–Crippen MR) is 115 cm³/mol. The van der Waals surface area contributed by atoms with Crippen molar-refractivity contribution in [1.82, 2.24) is 9.38 Å². The molecule has 0 bridgehead atoms. The predicted octanol–water partition coefficient (Wildman–Crippen LogP) is 5.07. The number of aromatic nitrogens is 2. The Hall–Kier alpha value is -3.29. The Kier molecular flexibility index (Phi) is 5.71. The van der Waals surface area contributed by atoms with E-state index in [1.165, 1.54) is 13.2 Å². The van der Waals surface area contributed by atoms with Gasteiger partial charge >= 0.3 is 6.61 Å². The Morgan fingerprint density at radius 3 is 2.62 bits per heavy atom. The van der Waals surface area contributed by atoms with Crippen LogP contribution in [0.1, 0.15) is 49.0 Å². The number of Topliss-reactive ketones (excluding diaryl/α,β-unsaturated/α-hetero) is 1. The maximum Gasteiger partial charge on any atom is 0.387 e. The fourth-order valence-corrected chi connectivity index (χ4v) is 3.71. The minimum absolute atomic E-state index is 0.0345. The smallest absolute Gasteiger partial charge is 0.387 e. The molecule has 0 spiro atoms. The van der Waals surface area contributed by atoms with Crippen molar-refractivity contribution >= 4 is 17.7 Å². The van der Waals surface area contributed by atoms with Gasteiger partial charge in [0.15, 0.2) is 5.78 Å². The van der Waals surface area contributed by atoms with Crippen LogP contribution in [0.5, 0.6) is 11.5 Å². The third-order valence-corrected chi connectivity index (χ3v) is 5.80. The van der Waals surface area contributed by atoms with Gasteiger partial charge in [0.05, 0.1) is 19.0 Å². The van der Waals surface area contributed by atoms with Crippen LogP contribution < -0.4 is 9.47 Å². The Balaban J connectivity index is 1.81. The summed E-state index contributed by atoms with van der Waals surface area (Å²) >= 11 is 0. The number of ether oxygens (including phenoxy) is 2. The highest BCUT2D eigenvalue weighted by atomic mass is 19.3. The molecule has 0 aliphatic heterocycles. The van der Waals surface area contributed by atoms with Crippen LogP contribution in [0.15, 0.2) is 36.7 Å². The van der Waals surface area contributed by atoms with E-state index in [0.29, 0.717) is 16.9 Å². The molecule has 6 nitrogen and oxygen atoms in total. The van der Waals surface area contributed by atoms with Crippen molar-refractivity contribution in [2.45, 2.75) is 45.1 Å². The van der Waals surface area contributed by atoms with Crippen LogP contribution in [0.25, 0.3) is 16.9 Å². The van der Waals surface area contributed by atoms with Gasteiger partial charge in [-0.05, 0) is 62.4 Å². The Morgan fingerprint density at radius 1 is 1.28 bits per heavy atom. The number of methoxy groups -OCH3 is 1. The second-order valence-electron chi connectivity index (χ2n) is 8.63. The van der Waals surface area contributed by atoms with Gasteiger partial charge in [0.1, 0.15) is 29.0 Å². The fraction of sp³-hybridized carbons (Fsp3) is 0.375. The largest absolute Gasteiger partial charge is 0.496 e. The lowest BCUT2D eigenvalue weighted by Crippen LogP contribution is -2.18. The molecule has 3 aromatic rings. The lowest BCUT2D eigenvalue weighted by molar-refractivity contribution is -0.111. The van der Waals surface area contributed by atoms with Crippen molar-refractivity contribution in [2.75, 3.05) is 7.11 Å². The van der Waals surface area contributed by atoms with Gasteiger partial charge in [-0.25, -0.2) is 4.98 Å². The molecule has 32 heavy (non-hydrogen) atoms. The minimum Gasteiger partial charge on any atom is -0.496 e. The van der Waals surface area contributed by atoms with Crippen LogP contribution in [-0.2, 0) is 10.2 Å². The number of ketones is 1. The lowest BCUT2D eigenvalue weighted by Gasteiger charge is -2.18. The van der Waals surface area contributed by atoms with Crippen LogP contribution in [0.4, 0.5) is 8.78 Å². The monoisotopic (exact) mass is 442 g/mol. The van der Waals surface area contributed by atoms with Crippen LogP contribution in [-0.4, -0.2) is 35.2 Å². The van der Waals surface area contributed by atoms with Crippen LogP contribution in [0.3, 0.4) is 0 Å². The standard InChI is InChI=1S/C24H24F2N2O4/c1-24(2,13-29)16-6-7-28-17(12-27-21(28)11-16)15-9-19(31-3)22(18(30)8-14-4-5-14)20(10-15)32-23(25)26/h6-7,9-14,23H,4-5,8H2,1-3H3. The minimum atomic E-state index is -3.09. The molecule has 0 saturated heterocycles. The molecular formula is C24H24F2N2O4. The molecule has 2 aromatic heterocycles. The number of nitrogens with zero attached hydrogens (tertiary/aromatic N) is 2. The number of pyridine rings is 1. The normalized spacial score (nSPS) is 14.1. The van der Waals surface area contributed by atoms with Gasteiger partial charge in [0.25, 0.3) is 0 Å². The van der Waals surface area contributed by atoms with Gasteiger partial charge in [-0.15, -0.1) is 0 Å². The molecule has 1 aliphatic rings. The van der Waals surface area contributed by atoms with Gasteiger partial charge < -0.3 is 14.3 Å². The Bertz CT molecular complexity index is 1180. The molecule has 1 fully saturated rings. The summed E-state index contributed by atoms with van der Waals surface area (Å²) in [5.74, 6) is -0.0218. The van der Waals surface area contributed by atoms with E-state index in [1.54, 1.807) is 28.9 Å². The number of fused-ring (bicyclic) bond motifs is 1. The average molecular weight is 442 g/mol. The number of hydrogen-bond acceptors (Lipinski definition) is 5. The maximum absolute atomic E-state index is 13.2. The molecule has 0 amide bonds. The molecule has 1 aromatic carbocycles. The summed E-state index contributed by atoms with van der Waals surface area (Å²) in [7, 11) is 1.39. The van der Waals surface area contributed by atoms with E-state index in [1.807, 2.05) is 19.9 Å². The summed E-state index contributed by atoms with van der Waals surface area (Å²) < 4.78 is 38.3. The molecule has 4 rings (SSSR count). The molecule has 1 aliphatic carbocycles. The first kappa shape index (κ1) is 21.9. The quantitative estimate of drug-likeness (QED) is 0.342. The van der Waals surface area contributed by atoms with E-state index in [0.717, 1.165) is 24.7 Å². The lowest BCUT2D eigenvalue weighted by atomic mass is 9.87. The fourth-order valence-electron chi connectivity index (χ4n) is 3.71. The number of aldehydes is 1. The highest BCUT2D eigenvalue weighted by Gasteiger charge is 2.30. The van der Waals surface area contributed by atoms with Gasteiger partial charge in [-0.2, -0.15) is 8.78 Å². The third kappa shape index (κ3) is 4.22. The highest BCUT2D eigenvalue weighted by molar-refractivity contribution is 6.02. The van der Waals surface area contributed by atoms with E-state index < -0.39 is 12.0 Å². The Labute approximate surface area is 184 Å². The van der Waals surface area contributed by atoms with Crippen molar-refractivity contribution < 1.29 is 27.8 Å². The van der Waals surface area contributed by atoms with Crippen molar-refractivity contribution in [2.24, 2.45) is 5.92 Å². The number of carbonyl (C=O) groups is 2. The molecule has 2 heterocycles. The van der Waals surface area contributed by atoms with E-state index in [2.05, 4.69) is 4.98 Å². The third-order valence-electron chi connectivity index (χ3n) is 5.80. The number of imidazole rings is 1. The van der Waals surface area contributed by atoms with Gasteiger partial charge in [-0.1, -0.05) is 0 Å². The van der Waals surface area contributed by atoms with Gasteiger partial charge in [-0.3, -0.25) is 9.20 Å². The average Bonchev–Trinajstić information content (AvgIpc) is 3.47. The number of carbonyl (C=O) groups excluding carboxylic acids is 2. The van der Waals surface area contributed by atoms with Gasteiger partial charge in [0, 0.05) is 23.6 Å². The first-order chi connectivity index (χ1) is 15.2. The zero-order chi connectivity index (χ0) is 23.0. The summed E-state index contributed by atoms with van der Waals surface area (Å²) in [5, 5.41) is 0. The molecule has 0 radical (unpaired) electrons.